The van der Waals surface area contributed by atoms with Gasteiger partial charge in [0.2, 0.25) is 0 Å². The summed E-state index contributed by atoms with van der Waals surface area (Å²) >= 11 is 18.2. The number of anilines is 1. The first-order chi connectivity index (χ1) is 15.6. The highest BCUT2D eigenvalue weighted by Crippen LogP contribution is 2.28. The highest BCUT2D eigenvalue weighted by molar-refractivity contribution is 7.92. The Kier molecular flexibility index (Phi) is 8.02. The van der Waals surface area contributed by atoms with Crippen LogP contribution >= 0.6 is 34.8 Å². The van der Waals surface area contributed by atoms with E-state index in [1.54, 1.807) is 62.4 Å². The summed E-state index contributed by atoms with van der Waals surface area (Å²) in [5.41, 5.74) is 4.57. The van der Waals surface area contributed by atoms with Crippen molar-refractivity contribution in [2.24, 2.45) is 5.10 Å². The fraction of sp³-hybridized carbons (Fsp3) is 0.130. The predicted molar refractivity (Wildman–Crippen MR) is 134 cm³/mol. The van der Waals surface area contributed by atoms with Crippen LogP contribution in [0.15, 0.2) is 76.7 Å². The Labute approximate surface area is 207 Å². The summed E-state index contributed by atoms with van der Waals surface area (Å²) in [4.78, 5) is 12.8. The lowest BCUT2D eigenvalue weighted by molar-refractivity contribution is -0.119. The van der Waals surface area contributed by atoms with Gasteiger partial charge in [0.15, 0.2) is 0 Å². The number of nitrogens with zero attached hydrogens (tertiary/aromatic N) is 2. The van der Waals surface area contributed by atoms with Gasteiger partial charge < -0.3 is 0 Å². The lowest BCUT2D eigenvalue weighted by Gasteiger charge is -2.24. The van der Waals surface area contributed by atoms with Crippen LogP contribution in [-0.2, 0) is 14.8 Å². The number of aryl methyl sites for hydroxylation is 1. The average Bonchev–Trinajstić information content (AvgIpc) is 2.80. The zero-order valence-corrected chi connectivity index (χ0v) is 20.8. The number of nitrogens with one attached hydrogen (secondary N) is 1. The number of sulfonamides is 1. The average molecular weight is 525 g/mol. The van der Waals surface area contributed by atoms with Crippen LogP contribution in [0.4, 0.5) is 5.69 Å². The molecule has 3 aromatic rings. The number of amides is 1. The van der Waals surface area contributed by atoms with E-state index in [-0.39, 0.29) is 10.6 Å². The molecule has 0 unspecified atom stereocenters. The van der Waals surface area contributed by atoms with Crippen LogP contribution in [0.5, 0.6) is 0 Å². The highest BCUT2D eigenvalue weighted by atomic mass is 35.5. The number of rotatable bonds is 7. The number of carbonyl (C=O) groups is 1. The van der Waals surface area contributed by atoms with Crippen molar-refractivity contribution in [1.29, 1.82) is 0 Å². The zero-order chi connectivity index (χ0) is 24.2. The SMILES string of the molecule is C/C(=N\NC(=O)CN(c1ccc(C)c(Cl)c1)S(=O)(=O)c1ccccc1)c1ccc(Cl)c(Cl)c1. The second kappa shape index (κ2) is 10.6. The summed E-state index contributed by atoms with van der Waals surface area (Å²) in [6, 6.07) is 17.6. The molecule has 0 saturated heterocycles. The Hall–Kier alpha value is -2.58. The van der Waals surface area contributed by atoms with E-state index in [0.29, 0.717) is 26.3 Å². The van der Waals surface area contributed by atoms with Crippen LogP contribution in [0.1, 0.15) is 18.1 Å². The van der Waals surface area contributed by atoms with Gasteiger partial charge in [-0.2, -0.15) is 5.10 Å². The van der Waals surface area contributed by atoms with Gasteiger partial charge in [-0.3, -0.25) is 9.10 Å². The molecule has 0 heterocycles. The molecular formula is C23H20Cl3N3O3S. The topological polar surface area (TPSA) is 78.8 Å². The summed E-state index contributed by atoms with van der Waals surface area (Å²) in [6.45, 7) is 2.97. The maximum absolute atomic E-state index is 13.3. The third-order valence-corrected chi connectivity index (χ3v) is 7.68. The first-order valence-corrected chi connectivity index (χ1v) is 12.3. The van der Waals surface area contributed by atoms with Crippen molar-refractivity contribution in [3.8, 4) is 0 Å². The van der Waals surface area contributed by atoms with Gasteiger partial charge in [-0.25, -0.2) is 13.8 Å². The quantitative estimate of drug-likeness (QED) is 0.318. The molecule has 0 spiro atoms. The summed E-state index contributed by atoms with van der Waals surface area (Å²) in [6.07, 6.45) is 0. The smallest absolute Gasteiger partial charge is 0.264 e. The number of benzene rings is 3. The molecule has 0 aromatic heterocycles. The van der Waals surface area contributed by atoms with Crippen LogP contribution in [0.2, 0.25) is 15.1 Å². The van der Waals surface area contributed by atoms with Crippen molar-refractivity contribution in [1.82, 2.24) is 5.43 Å². The van der Waals surface area contributed by atoms with E-state index in [2.05, 4.69) is 10.5 Å². The number of carbonyl (C=O) groups excluding carboxylic acids is 1. The van der Waals surface area contributed by atoms with E-state index in [0.717, 1.165) is 9.87 Å². The lowest BCUT2D eigenvalue weighted by atomic mass is 10.1. The summed E-state index contributed by atoms with van der Waals surface area (Å²) in [5, 5.41) is 5.20. The Morgan fingerprint density at radius 1 is 0.939 bits per heavy atom. The van der Waals surface area contributed by atoms with Crippen LogP contribution in [0.25, 0.3) is 0 Å². The monoisotopic (exact) mass is 523 g/mol. The largest absolute Gasteiger partial charge is 0.271 e. The van der Waals surface area contributed by atoms with Gasteiger partial charge in [-0.05, 0) is 61.4 Å². The molecule has 33 heavy (non-hydrogen) atoms. The third kappa shape index (κ3) is 6.06. The van der Waals surface area contributed by atoms with Gasteiger partial charge in [0.1, 0.15) is 6.54 Å². The fourth-order valence-electron chi connectivity index (χ4n) is 2.87. The van der Waals surface area contributed by atoms with E-state index >= 15 is 0 Å². The molecule has 3 rings (SSSR count). The molecule has 0 radical (unpaired) electrons. The lowest BCUT2D eigenvalue weighted by Crippen LogP contribution is -2.39. The Balaban J connectivity index is 1.89. The zero-order valence-electron chi connectivity index (χ0n) is 17.7. The second-order valence-corrected chi connectivity index (χ2v) is 10.2. The summed E-state index contributed by atoms with van der Waals surface area (Å²) in [5.74, 6) is -0.634. The van der Waals surface area contributed by atoms with Crippen molar-refractivity contribution in [2.75, 3.05) is 10.8 Å². The van der Waals surface area contributed by atoms with Crippen molar-refractivity contribution in [2.45, 2.75) is 18.7 Å². The van der Waals surface area contributed by atoms with Crippen molar-refractivity contribution in [3.05, 3.63) is 92.9 Å². The van der Waals surface area contributed by atoms with Crippen LogP contribution in [-0.4, -0.2) is 26.6 Å². The van der Waals surface area contributed by atoms with Gasteiger partial charge in [-0.1, -0.05) is 65.1 Å². The molecule has 0 fully saturated rings. The summed E-state index contributed by atoms with van der Waals surface area (Å²) in [7, 11) is -4.05. The van der Waals surface area contributed by atoms with Crippen molar-refractivity contribution < 1.29 is 13.2 Å². The molecule has 0 aliphatic heterocycles. The molecule has 0 atom stereocenters. The van der Waals surface area contributed by atoms with Crippen LogP contribution in [0, 0.1) is 6.92 Å². The van der Waals surface area contributed by atoms with E-state index < -0.39 is 22.5 Å². The maximum Gasteiger partial charge on any atom is 0.264 e. The standard InChI is InChI=1S/C23H20Cl3N3O3S/c1-15-8-10-18(13-21(15)25)29(33(31,32)19-6-4-3-5-7-19)14-23(30)28-27-16(2)17-9-11-20(24)22(26)12-17/h3-13H,14H2,1-2H3,(H,28,30)/b27-16+. The molecule has 1 N–H and O–H groups in total. The molecular weight excluding hydrogens is 505 g/mol. The molecule has 6 nitrogen and oxygen atoms in total. The van der Waals surface area contributed by atoms with E-state index in [9.17, 15) is 13.2 Å². The number of hydrogen-bond donors (Lipinski definition) is 1. The number of hydrazone groups is 1. The summed E-state index contributed by atoms with van der Waals surface area (Å²) < 4.78 is 27.7. The third-order valence-electron chi connectivity index (χ3n) is 4.75. The first kappa shape index (κ1) is 25.1. The Morgan fingerprint density at radius 2 is 1.64 bits per heavy atom. The molecule has 0 aliphatic rings. The number of halogens is 3. The maximum atomic E-state index is 13.3. The number of hydrogen-bond acceptors (Lipinski definition) is 4. The van der Waals surface area contributed by atoms with Gasteiger partial charge in [0.05, 0.1) is 26.3 Å². The minimum Gasteiger partial charge on any atom is -0.271 e. The Bertz CT molecular complexity index is 1310. The predicted octanol–water partition coefficient (Wildman–Crippen LogP) is 5.69. The first-order valence-electron chi connectivity index (χ1n) is 9.72. The molecule has 3 aromatic carbocycles. The molecule has 0 aliphatic carbocycles. The van der Waals surface area contributed by atoms with Gasteiger partial charge in [0.25, 0.3) is 15.9 Å². The highest BCUT2D eigenvalue weighted by Gasteiger charge is 2.27. The van der Waals surface area contributed by atoms with E-state index in [1.165, 1.54) is 18.2 Å². The molecule has 172 valence electrons. The Morgan fingerprint density at radius 3 is 2.27 bits per heavy atom. The molecule has 10 heteroatoms. The minimum absolute atomic E-state index is 0.0463. The van der Waals surface area contributed by atoms with E-state index in [1.807, 2.05) is 0 Å². The fourth-order valence-corrected chi connectivity index (χ4v) is 4.78. The normalized spacial score (nSPS) is 11.8. The molecule has 0 saturated carbocycles. The second-order valence-electron chi connectivity index (χ2n) is 7.12. The van der Waals surface area contributed by atoms with Crippen LogP contribution in [0.3, 0.4) is 0 Å². The van der Waals surface area contributed by atoms with Gasteiger partial charge >= 0.3 is 0 Å². The van der Waals surface area contributed by atoms with Gasteiger partial charge in [-0.15, -0.1) is 0 Å². The van der Waals surface area contributed by atoms with Crippen molar-refractivity contribution >= 4 is 62.1 Å². The molecule has 1 amide bonds. The van der Waals surface area contributed by atoms with Crippen molar-refractivity contribution in [3.63, 3.8) is 0 Å². The van der Waals surface area contributed by atoms with Gasteiger partial charge in [0, 0.05) is 5.02 Å². The minimum atomic E-state index is -4.05. The van der Waals surface area contributed by atoms with E-state index in [4.69, 9.17) is 34.8 Å². The van der Waals surface area contributed by atoms with Crippen LogP contribution < -0.4 is 9.73 Å². The molecule has 0 bridgehead atoms.